The molecule has 0 aromatic heterocycles. The number of hydrogen-bond acceptors (Lipinski definition) is 2. The second-order valence-corrected chi connectivity index (χ2v) is 5.34. The summed E-state index contributed by atoms with van der Waals surface area (Å²) in [4.78, 5) is 23.0. The van der Waals surface area contributed by atoms with Crippen LogP contribution >= 0.6 is 15.9 Å². The molecule has 0 aromatic rings. The highest BCUT2D eigenvalue weighted by Crippen LogP contribution is 2.50. The van der Waals surface area contributed by atoms with Gasteiger partial charge in [0.15, 0.2) is 0 Å². The van der Waals surface area contributed by atoms with E-state index in [1.807, 2.05) is 6.92 Å². The lowest BCUT2D eigenvalue weighted by Crippen LogP contribution is -2.42. The van der Waals surface area contributed by atoms with Crippen LogP contribution in [-0.4, -0.2) is 16.4 Å². The van der Waals surface area contributed by atoms with E-state index in [0.717, 1.165) is 12.8 Å². The summed E-state index contributed by atoms with van der Waals surface area (Å²) in [6.45, 7) is 2.02. The molecular formula is C10H13BrO2. The highest BCUT2D eigenvalue weighted by molar-refractivity contribution is 9.10. The number of rotatable bonds is 0. The van der Waals surface area contributed by atoms with Crippen LogP contribution in [-0.2, 0) is 9.59 Å². The van der Waals surface area contributed by atoms with Gasteiger partial charge in [0.05, 0.1) is 4.83 Å². The van der Waals surface area contributed by atoms with Crippen molar-refractivity contribution in [1.29, 1.82) is 0 Å². The summed E-state index contributed by atoms with van der Waals surface area (Å²) in [7, 11) is 0. The van der Waals surface area contributed by atoms with E-state index in [2.05, 4.69) is 15.9 Å². The first kappa shape index (κ1) is 9.38. The second kappa shape index (κ2) is 2.91. The van der Waals surface area contributed by atoms with Crippen LogP contribution in [0.15, 0.2) is 0 Å². The first-order valence-electron chi connectivity index (χ1n) is 4.76. The fraction of sp³-hybridized carbons (Fsp3) is 0.800. The first-order chi connectivity index (χ1) is 6.05. The van der Waals surface area contributed by atoms with E-state index in [4.69, 9.17) is 0 Å². The number of carbonyl (C=O) groups is 2. The third-order valence-corrected chi connectivity index (χ3v) is 4.84. The fourth-order valence-corrected chi connectivity index (χ4v) is 3.71. The Morgan fingerprint density at radius 3 is 2.77 bits per heavy atom. The van der Waals surface area contributed by atoms with Gasteiger partial charge < -0.3 is 0 Å². The summed E-state index contributed by atoms with van der Waals surface area (Å²) >= 11 is 3.42. The minimum absolute atomic E-state index is 0.0716. The molecule has 2 nitrogen and oxygen atoms in total. The SMILES string of the molecule is C[C@]12CCC(=O)[C@@H](Br)[C@@H]1CCC2=O. The molecule has 0 aliphatic heterocycles. The van der Waals surface area contributed by atoms with Crippen molar-refractivity contribution in [3.05, 3.63) is 0 Å². The van der Waals surface area contributed by atoms with Crippen LogP contribution in [0.3, 0.4) is 0 Å². The molecule has 2 saturated carbocycles. The van der Waals surface area contributed by atoms with Crippen LogP contribution in [0.5, 0.6) is 0 Å². The zero-order valence-electron chi connectivity index (χ0n) is 7.68. The molecule has 2 aliphatic rings. The van der Waals surface area contributed by atoms with Crippen LogP contribution in [0.4, 0.5) is 0 Å². The van der Waals surface area contributed by atoms with E-state index >= 15 is 0 Å². The Labute approximate surface area is 86.2 Å². The lowest BCUT2D eigenvalue weighted by molar-refractivity contribution is -0.131. The Morgan fingerprint density at radius 1 is 1.38 bits per heavy atom. The molecule has 3 heteroatoms. The van der Waals surface area contributed by atoms with Gasteiger partial charge in [-0.2, -0.15) is 0 Å². The molecule has 2 rings (SSSR count). The van der Waals surface area contributed by atoms with Gasteiger partial charge in [-0.1, -0.05) is 22.9 Å². The molecule has 0 spiro atoms. The molecule has 0 radical (unpaired) electrons. The van der Waals surface area contributed by atoms with Gasteiger partial charge in [0.1, 0.15) is 11.6 Å². The normalized spacial score (nSPS) is 45.1. The Balaban J connectivity index is 2.31. The van der Waals surface area contributed by atoms with Gasteiger partial charge in [-0.25, -0.2) is 0 Å². The molecule has 2 fully saturated rings. The highest BCUT2D eigenvalue weighted by atomic mass is 79.9. The highest BCUT2D eigenvalue weighted by Gasteiger charge is 2.52. The summed E-state index contributed by atoms with van der Waals surface area (Å²) in [6.07, 6.45) is 2.87. The third-order valence-electron chi connectivity index (χ3n) is 3.69. The van der Waals surface area contributed by atoms with E-state index in [-0.39, 0.29) is 21.9 Å². The predicted molar refractivity (Wildman–Crippen MR) is 52.8 cm³/mol. The van der Waals surface area contributed by atoms with E-state index in [1.165, 1.54) is 0 Å². The number of hydrogen-bond donors (Lipinski definition) is 0. The van der Waals surface area contributed by atoms with E-state index in [0.29, 0.717) is 18.6 Å². The van der Waals surface area contributed by atoms with Gasteiger partial charge in [0, 0.05) is 18.3 Å². The van der Waals surface area contributed by atoms with E-state index in [1.54, 1.807) is 0 Å². The summed E-state index contributed by atoms with van der Waals surface area (Å²) in [5.74, 6) is 0.882. The molecule has 2 aliphatic carbocycles. The number of Topliss-reactive ketones (excluding diaryl/α,β-unsaturated/α-hetero) is 2. The summed E-state index contributed by atoms with van der Waals surface area (Å²) in [5, 5.41) is 0. The van der Waals surface area contributed by atoms with Crippen molar-refractivity contribution in [3.63, 3.8) is 0 Å². The maximum absolute atomic E-state index is 11.7. The average Bonchev–Trinajstić information content (AvgIpc) is 2.39. The van der Waals surface area contributed by atoms with Crippen molar-refractivity contribution in [3.8, 4) is 0 Å². The monoisotopic (exact) mass is 244 g/mol. The van der Waals surface area contributed by atoms with Crippen molar-refractivity contribution in [2.45, 2.75) is 37.4 Å². The maximum Gasteiger partial charge on any atom is 0.146 e. The molecule has 0 amide bonds. The number of ketones is 2. The van der Waals surface area contributed by atoms with Crippen LogP contribution in [0.2, 0.25) is 0 Å². The minimum Gasteiger partial charge on any atom is -0.299 e. The molecular weight excluding hydrogens is 232 g/mol. The van der Waals surface area contributed by atoms with E-state index in [9.17, 15) is 9.59 Å². The molecule has 0 unspecified atom stereocenters. The Hall–Kier alpha value is -0.180. The maximum atomic E-state index is 11.7. The molecule has 0 saturated heterocycles. The Kier molecular flexibility index (Phi) is 2.10. The van der Waals surface area contributed by atoms with Crippen LogP contribution in [0, 0.1) is 11.3 Å². The Bertz CT molecular complexity index is 274. The number of halogens is 1. The summed E-state index contributed by atoms with van der Waals surface area (Å²) in [6, 6.07) is 0. The van der Waals surface area contributed by atoms with Crippen LogP contribution in [0.25, 0.3) is 0 Å². The largest absolute Gasteiger partial charge is 0.299 e. The van der Waals surface area contributed by atoms with Gasteiger partial charge in [0.2, 0.25) is 0 Å². The van der Waals surface area contributed by atoms with Crippen molar-refractivity contribution in [2.24, 2.45) is 11.3 Å². The lowest BCUT2D eigenvalue weighted by Gasteiger charge is -2.37. The topological polar surface area (TPSA) is 34.1 Å². The summed E-state index contributed by atoms with van der Waals surface area (Å²) < 4.78 is 0. The molecule has 0 bridgehead atoms. The second-order valence-electron chi connectivity index (χ2n) is 4.35. The average molecular weight is 245 g/mol. The number of alkyl halides is 1. The van der Waals surface area contributed by atoms with Crippen molar-refractivity contribution in [2.75, 3.05) is 0 Å². The molecule has 0 aromatic carbocycles. The Morgan fingerprint density at radius 2 is 2.08 bits per heavy atom. The zero-order valence-corrected chi connectivity index (χ0v) is 9.26. The minimum atomic E-state index is -0.206. The molecule has 3 atom stereocenters. The fourth-order valence-electron chi connectivity index (χ4n) is 2.64. The zero-order chi connectivity index (χ0) is 9.64. The molecule has 0 heterocycles. The van der Waals surface area contributed by atoms with Gasteiger partial charge in [-0.15, -0.1) is 0 Å². The van der Waals surface area contributed by atoms with Crippen LogP contribution in [0.1, 0.15) is 32.6 Å². The molecule has 72 valence electrons. The lowest BCUT2D eigenvalue weighted by atomic mass is 9.69. The van der Waals surface area contributed by atoms with Crippen molar-refractivity contribution >= 4 is 27.5 Å². The third kappa shape index (κ3) is 1.20. The van der Waals surface area contributed by atoms with Crippen LogP contribution < -0.4 is 0 Å². The smallest absolute Gasteiger partial charge is 0.146 e. The molecule has 0 N–H and O–H groups in total. The molecule has 13 heavy (non-hydrogen) atoms. The van der Waals surface area contributed by atoms with Crippen molar-refractivity contribution < 1.29 is 9.59 Å². The van der Waals surface area contributed by atoms with E-state index < -0.39 is 0 Å². The van der Waals surface area contributed by atoms with Crippen molar-refractivity contribution in [1.82, 2.24) is 0 Å². The standard InChI is InChI=1S/C10H13BrO2/c1-10-5-4-7(12)9(11)6(10)2-3-8(10)13/h6,9H,2-5H2,1H3/t6-,9-,10-/m0/s1. The number of fused-ring (bicyclic) bond motifs is 1. The van der Waals surface area contributed by atoms with Gasteiger partial charge in [-0.3, -0.25) is 9.59 Å². The number of carbonyl (C=O) groups excluding carboxylic acids is 2. The van der Waals surface area contributed by atoms with Gasteiger partial charge >= 0.3 is 0 Å². The summed E-state index contributed by atoms with van der Waals surface area (Å²) in [5.41, 5.74) is -0.206. The van der Waals surface area contributed by atoms with Gasteiger partial charge in [-0.05, 0) is 18.8 Å². The quantitative estimate of drug-likeness (QED) is 0.612. The first-order valence-corrected chi connectivity index (χ1v) is 5.67. The predicted octanol–water partition coefficient (Wildman–Crippen LogP) is 2.10. The van der Waals surface area contributed by atoms with Gasteiger partial charge in [0.25, 0.3) is 0 Å².